The summed E-state index contributed by atoms with van der Waals surface area (Å²) in [4.78, 5) is 23.2. The van der Waals surface area contributed by atoms with Crippen molar-refractivity contribution in [3.05, 3.63) is 63.0 Å². The van der Waals surface area contributed by atoms with E-state index in [9.17, 15) is 9.59 Å². The van der Waals surface area contributed by atoms with Gasteiger partial charge in [0, 0.05) is 29.5 Å². The predicted molar refractivity (Wildman–Crippen MR) is 73.8 cm³/mol. The van der Waals surface area contributed by atoms with E-state index in [-0.39, 0.29) is 11.5 Å². The number of nitrogens with one attached hydrogen (secondary N) is 1. The van der Waals surface area contributed by atoms with Crippen LogP contribution in [0.4, 0.5) is 5.69 Å². The number of halogens is 1. The second kappa shape index (κ2) is 5.18. The molecule has 0 unspecified atom stereocenters. The van der Waals surface area contributed by atoms with Crippen LogP contribution in [0.25, 0.3) is 0 Å². The van der Waals surface area contributed by atoms with Gasteiger partial charge in [0.05, 0.1) is 5.56 Å². The third kappa shape index (κ3) is 2.87. The molecule has 0 radical (unpaired) electrons. The van der Waals surface area contributed by atoms with Gasteiger partial charge in [-0.3, -0.25) is 9.59 Å². The summed E-state index contributed by atoms with van der Waals surface area (Å²) in [6.07, 6.45) is 1.51. The van der Waals surface area contributed by atoms with Crippen LogP contribution >= 0.6 is 15.9 Å². The third-order valence-corrected chi connectivity index (χ3v) is 2.92. The Kier molecular flexibility index (Phi) is 3.62. The molecule has 0 aliphatic carbocycles. The molecule has 1 aromatic carbocycles. The quantitative estimate of drug-likeness (QED) is 0.926. The van der Waals surface area contributed by atoms with Crippen LogP contribution in [0.2, 0.25) is 0 Å². The lowest BCUT2D eigenvalue weighted by Crippen LogP contribution is -2.19. The Morgan fingerprint density at radius 2 is 2.06 bits per heavy atom. The molecular formula is C13H11BrN2O2. The van der Waals surface area contributed by atoms with Gasteiger partial charge in [-0.15, -0.1) is 0 Å². The molecule has 5 heteroatoms. The van der Waals surface area contributed by atoms with E-state index in [1.54, 1.807) is 19.2 Å². The van der Waals surface area contributed by atoms with Crippen LogP contribution in [-0.2, 0) is 7.05 Å². The minimum Gasteiger partial charge on any atom is -0.322 e. The number of hydrogen-bond acceptors (Lipinski definition) is 2. The van der Waals surface area contributed by atoms with Crippen LogP contribution in [0.3, 0.4) is 0 Å². The molecule has 0 saturated carbocycles. The van der Waals surface area contributed by atoms with Gasteiger partial charge in [0.2, 0.25) is 5.56 Å². The maximum absolute atomic E-state index is 11.9. The Morgan fingerprint density at radius 3 is 2.72 bits per heavy atom. The fraction of sp³-hybridized carbons (Fsp3) is 0.0769. The molecule has 0 saturated heterocycles. The average Bonchev–Trinajstić information content (AvgIpc) is 2.32. The van der Waals surface area contributed by atoms with E-state index in [1.165, 1.54) is 22.9 Å². The van der Waals surface area contributed by atoms with Crippen molar-refractivity contribution in [3.63, 3.8) is 0 Å². The second-order valence-corrected chi connectivity index (χ2v) is 4.75. The number of amides is 1. The van der Waals surface area contributed by atoms with E-state index >= 15 is 0 Å². The van der Waals surface area contributed by atoms with Gasteiger partial charge in [0.25, 0.3) is 5.91 Å². The van der Waals surface area contributed by atoms with E-state index < -0.39 is 0 Å². The highest BCUT2D eigenvalue weighted by atomic mass is 79.9. The lowest BCUT2D eigenvalue weighted by molar-refractivity contribution is 0.102. The number of nitrogens with zero attached hydrogens (tertiary/aromatic N) is 1. The summed E-state index contributed by atoms with van der Waals surface area (Å²) in [5.41, 5.74) is 0.995. The number of benzene rings is 1. The zero-order chi connectivity index (χ0) is 13.1. The Balaban J connectivity index is 2.22. The summed E-state index contributed by atoms with van der Waals surface area (Å²) in [6.45, 7) is 0. The summed E-state index contributed by atoms with van der Waals surface area (Å²) >= 11 is 3.33. The van der Waals surface area contributed by atoms with Crippen molar-refractivity contribution >= 4 is 27.5 Å². The summed E-state index contributed by atoms with van der Waals surface area (Å²) in [5.74, 6) is -0.247. The number of hydrogen-bond donors (Lipinski definition) is 1. The zero-order valence-corrected chi connectivity index (χ0v) is 11.3. The first kappa shape index (κ1) is 12.6. The normalized spacial score (nSPS) is 10.1. The first-order valence-corrected chi connectivity index (χ1v) is 6.09. The first-order valence-electron chi connectivity index (χ1n) is 5.30. The standard InChI is InChI=1S/C13H11BrN2O2/c1-16-8-9(5-6-12(16)17)13(18)15-11-4-2-3-10(14)7-11/h2-8H,1H3,(H,15,18). The smallest absolute Gasteiger partial charge is 0.257 e. The minimum atomic E-state index is -0.247. The summed E-state index contributed by atoms with van der Waals surface area (Å²) in [5, 5.41) is 2.76. The van der Waals surface area contributed by atoms with Gasteiger partial charge in [-0.2, -0.15) is 0 Å². The van der Waals surface area contributed by atoms with Gasteiger partial charge >= 0.3 is 0 Å². The molecule has 1 N–H and O–H groups in total. The Morgan fingerprint density at radius 1 is 1.28 bits per heavy atom. The van der Waals surface area contributed by atoms with Crippen molar-refractivity contribution in [3.8, 4) is 0 Å². The number of pyridine rings is 1. The molecule has 2 aromatic rings. The zero-order valence-electron chi connectivity index (χ0n) is 9.68. The van der Waals surface area contributed by atoms with Gasteiger partial charge in [-0.05, 0) is 24.3 Å². The van der Waals surface area contributed by atoms with Gasteiger partial charge in [0.15, 0.2) is 0 Å². The molecule has 1 amide bonds. The summed E-state index contributed by atoms with van der Waals surface area (Å²) < 4.78 is 2.26. The lowest BCUT2D eigenvalue weighted by Gasteiger charge is -2.06. The van der Waals surface area contributed by atoms with Crippen molar-refractivity contribution in [2.24, 2.45) is 7.05 Å². The highest BCUT2D eigenvalue weighted by Gasteiger charge is 2.07. The molecule has 0 aliphatic heterocycles. The molecule has 0 fully saturated rings. The van der Waals surface area contributed by atoms with Gasteiger partial charge in [-0.1, -0.05) is 22.0 Å². The molecule has 0 atom stereocenters. The van der Waals surface area contributed by atoms with Crippen molar-refractivity contribution in [2.75, 3.05) is 5.32 Å². The summed E-state index contributed by atoms with van der Waals surface area (Å²) in [6, 6.07) is 10.2. The van der Waals surface area contributed by atoms with Crippen LogP contribution in [-0.4, -0.2) is 10.5 Å². The number of aromatic nitrogens is 1. The van der Waals surface area contributed by atoms with Crippen molar-refractivity contribution < 1.29 is 4.79 Å². The number of carbonyl (C=O) groups is 1. The summed E-state index contributed by atoms with van der Waals surface area (Å²) in [7, 11) is 1.61. The van der Waals surface area contributed by atoms with E-state index in [1.807, 2.05) is 12.1 Å². The molecule has 4 nitrogen and oxygen atoms in total. The fourth-order valence-electron chi connectivity index (χ4n) is 1.50. The number of anilines is 1. The van der Waals surface area contributed by atoms with Crippen molar-refractivity contribution in [1.29, 1.82) is 0 Å². The van der Waals surface area contributed by atoms with Gasteiger partial charge in [0.1, 0.15) is 0 Å². The average molecular weight is 307 g/mol. The maximum Gasteiger partial charge on any atom is 0.257 e. The predicted octanol–water partition coefficient (Wildman–Crippen LogP) is 2.40. The number of aryl methyl sites for hydroxylation is 1. The van der Waals surface area contributed by atoms with E-state index in [0.29, 0.717) is 11.3 Å². The monoisotopic (exact) mass is 306 g/mol. The molecule has 0 aliphatic rings. The van der Waals surface area contributed by atoms with Crippen LogP contribution in [0.5, 0.6) is 0 Å². The molecule has 0 spiro atoms. The second-order valence-electron chi connectivity index (χ2n) is 3.83. The van der Waals surface area contributed by atoms with E-state index in [2.05, 4.69) is 21.2 Å². The highest BCUT2D eigenvalue weighted by molar-refractivity contribution is 9.10. The number of rotatable bonds is 2. The topological polar surface area (TPSA) is 51.1 Å². The Bertz CT molecular complexity index is 649. The minimum absolute atomic E-state index is 0.144. The molecule has 18 heavy (non-hydrogen) atoms. The van der Waals surface area contributed by atoms with Crippen molar-refractivity contribution in [2.45, 2.75) is 0 Å². The van der Waals surface area contributed by atoms with Crippen LogP contribution < -0.4 is 10.9 Å². The van der Waals surface area contributed by atoms with Gasteiger partial charge in [-0.25, -0.2) is 0 Å². The Hall–Kier alpha value is -1.88. The van der Waals surface area contributed by atoms with Crippen LogP contribution in [0, 0.1) is 0 Å². The molecule has 1 aromatic heterocycles. The van der Waals surface area contributed by atoms with Gasteiger partial charge < -0.3 is 9.88 Å². The SMILES string of the molecule is Cn1cc(C(=O)Nc2cccc(Br)c2)ccc1=O. The highest BCUT2D eigenvalue weighted by Crippen LogP contribution is 2.16. The molecule has 92 valence electrons. The lowest BCUT2D eigenvalue weighted by atomic mass is 10.2. The fourth-order valence-corrected chi connectivity index (χ4v) is 1.90. The van der Waals surface area contributed by atoms with E-state index in [0.717, 1.165) is 4.47 Å². The molecule has 1 heterocycles. The van der Waals surface area contributed by atoms with E-state index in [4.69, 9.17) is 0 Å². The largest absolute Gasteiger partial charge is 0.322 e. The molecule has 2 rings (SSSR count). The maximum atomic E-state index is 11.9. The molecular weight excluding hydrogens is 296 g/mol. The number of carbonyl (C=O) groups excluding carboxylic acids is 1. The molecule has 0 bridgehead atoms. The van der Waals surface area contributed by atoms with Crippen LogP contribution in [0.1, 0.15) is 10.4 Å². The third-order valence-electron chi connectivity index (χ3n) is 2.43. The Labute approximate surface area is 112 Å². The van der Waals surface area contributed by atoms with Crippen molar-refractivity contribution in [1.82, 2.24) is 4.57 Å². The van der Waals surface area contributed by atoms with Crippen LogP contribution in [0.15, 0.2) is 51.9 Å². The first-order chi connectivity index (χ1) is 8.56.